The number of rotatable bonds is 9. The van der Waals surface area contributed by atoms with E-state index in [0.717, 1.165) is 24.7 Å². The van der Waals surface area contributed by atoms with Gasteiger partial charge in [-0.1, -0.05) is 39.3 Å². The van der Waals surface area contributed by atoms with Crippen molar-refractivity contribution < 1.29 is 17.4 Å². The topological polar surface area (TPSA) is 63.7 Å². The van der Waals surface area contributed by atoms with Gasteiger partial charge in [0.2, 0.25) is 5.91 Å². The van der Waals surface area contributed by atoms with Crippen LogP contribution in [0.1, 0.15) is 45.6 Å². The standard InChI is InChI=1S/C17H27NO4S/c1-5-6-10-17(19)18(12-14(2)3)13-15-8-7-9-16(11-15)22-23(4,20)21/h7-9,11,14H,5-6,10,12-13H2,1-4H3. The molecule has 0 fully saturated rings. The van der Waals surface area contributed by atoms with Crippen LogP contribution < -0.4 is 4.18 Å². The van der Waals surface area contributed by atoms with E-state index in [1.54, 1.807) is 18.2 Å². The SMILES string of the molecule is CCCCC(=O)N(Cc1cccc(OS(C)(=O)=O)c1)CC(C)C. The molecule has 0 spiro atoms. The van der Waals surface area contributed by atoms with Crippen LogP contribution in [0.4, 0.5) is 0 Å². The Kier molecular flexibility index (Phi) is 7.55. The molecule has 1 amide bonds. The second-order valence-electron chi connectivity index (χ2n) is 6.21. The van der Waals surface area contributed by atoms with Gasteiger partial charge in [-0.05, 0) is 30.0 Å². The summed E-state index contributed by atoms with van der Waals surface area (Å²) in [5.74, 6) is 0.779. The smallest absolute Gasteiger partial charge is 0.306 e. The molecular formula is C17H27NO4S. The largest absolute Gasteiger partial charge is 0.383 e. The molecule has 130 valence electrons. The van der Waals surface area contributed by atoms with E-state index in [4.69, 9.17) is 4.18 Å². The minimum atomic E-state index is -3.55. The highest BCUT2D eigenvalue weighted by atomic mass is 32.2. The van der Waals surface area contributed by atoms with Crippen LogP contribution in [0.3, 0.4) is 0 Å². The number of benzene rings is 1. The minimum absolute atomic E-state index is 0.134. The van der Waals surface area contributed by atoms with Crippen LogP contribution in [0.2, 0.25) is 0 Å². The van der Waals surface area contributed by atoms with E-state index in [1.165, 1.54) is 0 Å². The number of hydrogen-bond donors (Lipinski definition) is 0. The van der Waals surface area contributed by atoms with Crippen molar-refractivity contribution in [1.29, 1.82) is 0 Å². The van der Waals surface area contributed by atoms with Gasteiger partial charge >= 0.3 is 10.1 Å². The van der Waals surface area contributed by atoms with Gasteiger partial charge in [-0.3, -0.25) is 4.79 Å². The van der Waals surface area contributed by atoms with E-state index in [2.05, 4.69) is 20.8 Å². The zero-order chi connectivity index (χ0) is 17.5. The Morgan fingerprint density at radius 1 is 1.30 bits per heavy atom. The van der Waals surface area contributed by atoms with Crippen molar-refractivity contribution >= 4 is 16.0 Å². The Labute approximate surface area is 139 Å². The maximum Gasteiger partial charge on any atom is 0.306 e. The molecular weight excluding hydrogens is 314 g/mol. The van der Waals surface area contributed by atoms with Crippen LogP contribution in [-0.4, -0.2) is 32.0 Å². The van der Waals surface area contributed by atoms with Crippen LogP contribution in [0.5, 0.6) is 5.75 Å². The maximum atomic E-state index is 12.4. The van der Waals surface area contributed by atoms with Crippen molar-refractivity contribution in [2.75, 3.05) is 12.8 Å². The van der Waals surface area contributed by atoms with E-state index in [-0.39, 0.29) is 11.7 Å². The third kappa shape index (κ3) is 8.02. The summed E-state index contributed by atoms with van der Waals surface area (Å²) in [5.41, 5.74) is 0.858. The molecule has 0 aliphatic carbocycles. The van der Waals surface area contributed by atoms with Gasteiger partial charge in [0.1, 0.15) is 5.75 Å². The summed E-state index contributed by atoms with van der Waals surface area (Å²) >= 11 is 0. The van der Waals surface area contributed by atoms with E-state index < -0.39 is 10.1 Å². The number of hydrogen-bond acceptors (Lipinski definition) is 4. The number of carbonyl (C=O) groups excluding carboxylic acids is 1. The fraction of sp³-hybridized carbons (Fsp3) is 0.588. The monoisotopic (exact) mass is 341 g/mol. The first-order valence-corrected chi connectivity index (χ1v) is 9.79. The summed E-state index contributed by atoms with van der Waals surface area (Å²) in [6.07, 6.45) is 3.42. The van der Waals surface area contributed by atoms with Gasteiger partial charge in [-0.25, -0.2) is 0 Å². The molecule has 1 aromatic rings. The molecule has 0 heterocycles. The predicted molar refractivity (Wildman–Crippen MR) is 91.7 cm³/mol. The van der Waals surface area contributed by atoms with E-state index >= 15 is 0 Å². The van der Waals surface area contributed by atoms with Crippen LogP contribution in [0.15, 0.2) is 24.3 Å². The minimum Gasteiger partial charge on any atom is -0.383 e. The first-order chi connectivity index (χ1) is 10.7. The number of nitrogens with zero attached hydrogens (tertiary/aromatic N) is 1. The highest BCUT2D eigenvalue weighted by Crippen LogP contribution is 2.18. The summed E-state index contributed by atoms with van der Waals surface area (Å²) in [7, 11) is -3.55. The Hall–Kier alpha value is -1.56. The lowest BCUT2D eigenvalue weighted by atomic mass is 10.1. The summed E-state index contributed by atoms with van der Waals surface area (Å²) in [4.78, 5) is 14.2. The average Bonchev–Trinajstić information content (AvgIpc) is 2.42. The maximum absolute atomic E-state index is 12.4. The van der Waals surface area contributed by atoms with Crippen LogP contribution in [0, 0.1) is 5.92 Å². The van der Waals surface area contributed by atoms with E-state index in [9.17, 15) is 13.2 Å². The van der Waals surface area contributed by atoms with Gasteiger partial charge in [-0.15, -0.1) is 0 Å². The van der Waals surface area contributed by atoms with Crippen molar-refractivity contribution in [1.82, 2.24) is 4.90 Å². The molecule has 0 bridgehead atoms. The lowest BCUT2D eigenvalue weighted by Gasteiger charge is -2.25. The Balaban J connectivity index is 2.86. The van der Waals surface area contributed by atoms with Gasteiger partial charge in [0.25, 0.3) is 0 Å². The molecule has 0 aliphatic rings. The molecule has 0 saturated carbocycles. The van der Waals surface area contributed by atoms with E-state index in [1.807, 2.05) is 11.0 Å². The van der Waals surface area contributed by atoms with Crippen LogP contribution in [-0.2, 0) is 21.5 Å². The molecule has 0 unspecified atom stereocenters. The summed E-state index contributed by atoms with van der Waals surface area (Å²) in [6, 6.07) is 6.87. The fourth-order valence-electron chi connectivity index (χ4n) is 2.27. The predicted octanol–water partition coefficient (Wildman–Crippen LogP) is 3.20. The van der Waals surface area contributed by atoms with Crippen molar-refractivity contribution in [2.24, 2.45) is 5.92 Å². The van der Waals surface area contributed by atoms with Crippen molar-refractivity contribution in [3.05, 3.63) is 29.8 Å². The lowest BCUT2D eigenvalue weighted by molar-refractivity contribution is -0.132. The average molecular weight is 341 g/mol. The molecule has 0 aromatic heterocycles. The van der Waals surface area contributed by atoms with Gasteiger partial charge in [0, 0.05) is 19.5 Å². The third-order valence-corrected chi connectivity index (χ3v) is 3.70. The molecule has 0 saturated heterocycles. The Morgan fingerprint density at radius 2 is 2.00 bits per heavy atom. The molecule has 0 N–H and O–H groups in total. The fourth-order valence-corrected chi connectivity index (χ4v) is 2.73. The number of unbranched alkanes of at least 4 members (excludes halogenated alkanes) is 1. The van der Waals surface area contributed by atoms with Gasteiger partial charge < -0.3 is 9.08 Å². The molecule has 5 nitrogen and oxygen atoms in total. The highest BCUT2D eigenvalue weighted by Gasteiger charge is 2.15. The molecule has 0 radical (unpaired) electrons. The first-order valence-electron chi connectivity index (χ1n) is 7.97. The third-order valence-electron chi connectivity index (χ3n) is 3.20. The zero-order valence-corrected chi connectivity index (χ0v) is 15.2. The normalized spacial score (nSPS) is 11.5. The summed E-state index contributed by atoms with van der Waals surface area (Å²) < 4.78 is 27.3. The molecule has 1 aromatic carbocycles. The van der Waals surface area contributed by atoms with Crippen molar-refractivity contribution in [2.45, 2.75) is 46.6 Å². The summed E-state index contributed by atoms with van der Waals surface area (Å²) in [5, 5.41) is 0. The molecule has 6 heteroatoms. The van der Waals surface area contributed by atoms with Gasteiger partial charge in [0.05, 0.1) is 6.26 Å². The van der Waals surface area contributed by atoms with Crippen molar-refractivity contribution in [3.8, 4) is 5.75 Å². The van der Waals surface area contributed by atoms with Crippen LogP contribution >= 0.6 is 0 Å². The summed E-state index contributed by atoms with van der Waals surface area (Å²) in [6.45, 7) is 7.35. The highest BCUT2D eigenvalue weighted by molar-refractivity contribution is 7.86. The Bertz CT molecular complexity index is 611. The first kappa shape index (κ1) is 19.5. The molecule has 0 aliphatic heterocycles. The number of amides is 1. The second kappa shape index (κ2) is 8.91. The molecule has 1 rings (SSSR count). The molecule has 0 atom stereocenters. The van der Waals surface area contributed by atoms with Crippen LogP contribution in [0.25, 0.3) is 0 Å². The zero-order valence-electron chi connectivity index (χ0n) is 14.4. The number of carbonyl (C=O) groups is 1. The van der Waals surface area contributed by atoms with Gasteiger partial charge in [0.15, 0.2) is 0 Å². The Morgan fingerprint density at radius 3 is 2.57 bits per heavy atom. The van der Waals surface area contributed by atoms with Gasteiger partial charge in [-0.2, -0.15) is 8.42 Å². The van der Waals surface area contributed by atoms with Crippen molar-refractivity contribution in [3.63, 3.8) is 0 Å². The van der Waals surface area contributed by atoms with E-state index in [0.29, 0.717) is 25.4 Å². The molecule has 23 heavy (non-hydrogen) atoms. The lowest BCUT2D eigenvalue weighted by Crippen LogP contribution is -2.33. The quantitative estimate of drug-likeness (QED) is 0.647. The second-order valence-corrected chi connectivity index (χ2v) is 7.78.